The van der Waals surface area contributed by atoms with Crippen molar-refractivity contribution in [2.45, 2.75) is 13.0 Å². The first-order valence-electron chi connectivity index (χ1n) is 7.89. The third-order valence-corrected chi connectivity index (χ3v) is 3.70. The Balaban J connectivity index is 2.15. The van der Waals surface area contributed by atoms with E-state index < -0.39 is 0 Å². The van der Waals surface area contributed by atoms with Crippen LogP contribution in [0.25, 0.3) is 0 Å². The Hall–Kier alpha value is -2.40. The zero-order valence-electron chi connectivity index (χ0n) is 14.2. The van der Waals surface area contributed by atoms with Crippen LogP contribution in [0.15, 0.2) is 47.5 Å². The van der Waals surface area contributed by atoms with Crippen LogP contribution in [0.1, 0.15) is 24.1 Å². The summed E-state index contributed by atoms with van der Waals surface area (Å²) in [6.07, 6.45) is 1.62. The van der Waals surface area contributed by atoms with E-state index in [1.165, 1.54) is 12.1 Å². The molecule has 0 aliphatic rings. The second-order valence-corrected chi connectivity index (χ2v) is 5.66. The van der Waals surface area contributed by atoms with Crippen LogP contribution in [0.4, 0.5) is 4.39 Å². The van der Waals surface area contributed by atoms with E-state index in [-0.39, 0.29) is 17.6 Å². The fraction of sp³-hybridized carbons (Fsp3) is 0.316. The summed E-state index contributed by atoms with van der Waals surface area (Å²) in [5.41, 5.74) is 1.46. The number of ether oxygens (including phenoxy) is 1. The van der Waals surface area contributed by atoms with E-state index in [2.05, 4.69) is 4.99 Å². The molecule has 5 heteroatoms. The zero-order chi connectivity index (χ0) is 17.5. The molecule has 0 aliphatic heterocycles. The molecule has 2 aromatic rings. The van der Waals surface area contributed by atoms with Crippen LogP contribution >= 0.6 is 0 Å². The summed E-state index contributed by atoms with van der Waals surface area (Å²) in [6, 6.07) is 11.8. The molecule has 0 amide bonds. The number of halogens is 1. The number of benzene rings is 2. The number of hydrogen-bond acceptors (Lipinski definition) is 4. The van der Waals surface area contributed by atoms with Gasteiger partial charge in [-0.3, -0.25) is 4.99 Å². The predicted octanol–water partition coefficient (Wildman–Crippen LogP) is 3.65. The fourth-order valence-electron chi connectivity index (χ4n) is 2.45. The second-order valence-electron chi connectivity index (χ2n) is 5.66. The predicted molar refractivity (Wildman–Crippen MR) is 94.6 cm³/mol. The molecule has 0 aromatic heterocycles. The van der Waals surface area contributed by atoms with Crippen molar-refractivity contribution in [3.63, 3.8) is 0 Å². The standard InChI is InChI=1S/C19H23FN2O2/c1-4-24-18-10-6-8-15(19(18)23)12-21-13-17(22(2)3)14-7-5-9-16(20)11-14/h5-12,17,23H,4,13H2,1-3H3/t17-/m0/s1. The number of nitrogens with zero attached hydrogens (tertiary/aromatic N) is 2. The Morgan fingerprint density at radius 3 is 2.67 bits per heavy atom. The van der Waals surface area contributed by atoms with Gasteiger partial charge in [-0.05, 0) is 50.8 Å². The van der Waals surface area contributed by atoms with Gasteiger partial charge in [0, 0.05) is 11.8 Å². The average molecular weight is 330 g/mol. The minimum Gasteiger partial charge on any atom is -0.504 e. The molecule has 4 nitrogen and oxygen atoms in total. The molecule has 0 spiro atoms. The lowest BCUT2D eigenvalue weighted by atomic mass is 10.1. The van der Waals surface area contributed by atoms with E-state index in [9.17, 15) is 9.50 Å². The van der Waals surface area contributed by atoms with Crippen LogP contribution in [0.3, 0.4) is 0 Å². The first kappa shape index (κ1) is 17.9. The van der Waals surface area contributed by atoms with Gasteiger partial charge < -0.3 is 14.7 Å². The Labute approximate surface area is 142 Å². The number of phenolic OH excluding ortho intramolecular Hbond substituents is 1. The molecule has 0 bridgehead atoms. The van der Waals surface area contributed by atoms with Crippen molar-refractivity contribution in [2.24, 2.45) is 4.99 Å². The summed E-state index contributed by atoms with van der Waals surface area (Å²) in [5.74, 6) is 0.261. The number of hydrogen-bond donors (Lipinski definition) is 1. The van der Waals surface area contributed by atoms with E-state index in [0.717, 1.165) is 5.56 Å². The highest BCUT2D eigenvalue weighted by Gasteiger charge is 2.14. The summed E-state index contributed by atoms with van der Waals surface area (Å²) >= 11 is 0. The molecule has 0 aliphatic carbocycles. The van der Waals surface area contributed by atoms with Crippen LogP contribution < -0.4 is 4.74 Å². The lowest BCUT2D eigenvalue weighted by molar-refractivity contribution is 0.306. The van der Waals surface area contributed by atoms with Gasteiger partial charge in [-0.15, -0.1) is 0 Å². The number of phenols is 1. The molecule has 0 radical (unpaired) electrons. The number of aliphatic imine (C=N–C) groups is 1. The molecule has 1 atom stereocenters. The van der Waals surface area contributed by atoms with E-state index in [4.69, 9.17) is 4.74 Å². The summed E-state index contributed by atoms with van der Waals surface area (Å²) in [5, 5.41) is 10.2. The van der Waals surface area contributed by atoms with Gasteiger partial charge >= 0.3 is 0 Å². The van der Waals surface area contributed by atoms with E-state index in [0.29, 0.717) is 24.5 Å². The maximum Gasteiger partial charge on any atom is 0.166 e. The number of para-hydroxylation sites is 1. The summed E-state index contributed by atoms with van der Waals surface area (Å²) < 4.78 is 18.8. The van der Waals surface area contributed by atoms with Crippen molar-refractivity contribution >= 4 is 6.21 Å². The molecule has 128 valence electrons. The molecule has 24 heavy (non-hydrogen) atoms. The van der Waals surface area contributed by atoms with Gasteiger partial charge in [0.1, 0.15) is 5.82 Å². The van der Waals surface area contributed by atoms with Gasteiger partial charge in [-0.25, -0.2) is 4.39 Å². The lowest BCUT2D eigenvalue weighted by Gasteiger charge is -2.23. The SMILES string of the molecule is CCOc1cccc(C=NC[C@@H](c2cccc(F)c2)N(C)C)c1O. The number of rotatable bonds is 7. The molecule has 0 unspecified atom stereocenters. The van der Waals surface area contributed by atoms with Gasteiger partial charge in [-0.2, -0.15) is 0 Å². The number of aromatic hydroxyl groups is 1. The van der Waals surface area contributed by atoms with Gasteiger partial charge in [0.15, 0.2) is 11.5 Å². The molecule has 2 aromatic carbocycles. The molecule has 0 fully saturated rings. The highest BCUT2D eigenvalue weighted by atomic mass is 19.1. The highest BCUT2D eigenvalue weighted by molar-refractivity contribution is 5.84. The highest BCUT2D eigenvalue weighted by Crippen LogP contribution is 2.28. The van der Waals surface area contributed by atoms with Crippen LogP contribution in [0, 0.1) is 5.82 Å². The quantitative estimate of drug-likeness (QED) is 0.788. The maximum absolute atomic E-state index is 13.4. The van der Waals surface area contributed by atoms with E-state index in [1.807, 2.05) is 38.1 Å². The molecular formula is C19H23FN2O2. The molecule has 0 saturated carbocycles. The third-order valence-electron chi connectivity index (χ3n) is 3.70. The molecule has 1 N–H and O–H groups in total. The Kier molecular flexibility index (Phi) is 6.32. The lowest BCUT2D eigenvalue weighted by Crippen LogP contribution is -2.22. The summed E-state index contributed by atoms with van der Waals surface area (Å²) in [4.78, 5) is 6.42. The average Bonchev–Trinajstić information content (AvgIpc) is 2.54. The second kappa shape index (κ2) is 8.45. The van der Waals surface area contributed by atoms with Crippen molar-refractivity contribution in [1.82, 2.24) is 4.90 Å². The minimum absolute atomic E-state index is 0.0471. The third kappa shape index (κ3) is 4.55. The van der Waals surface area contributed by atoms with Gasteiger partial charge in [0.05, 0.1) is 19.2 Å². The molecule has 0 heterocycles. The van der Waals surface area contributed by atoms with E-state index >= 15 is 0 Å². The van der Waals surface area contributed by atoms with Crippen molar-refractivity contribution in [3.8, 4) is 11.5 Å². The van der Waals surface area contributed by atoms with Crippen molar-refractivity contribution < 1.29 is 14.2 Å². The van der Waals surface area contributed by atoms with Crippen molar-refractivity contribution in [2.75, 3.05) is 27.2 Å². The van der Waals surface area contributed by atoms with Crippen molar-refractivity contribution in [3.05, 3.63) is 59.4 Å². The molecule has 0 saturated heterocycles. The summed E-state index contributed by atoms with van der Waals surface area (Å²) in [6.45, 7) is 2.80. The van der Waals surface area contributed by atoms with Crippen molar-refractivity contribution in [1.29, 1.82) is 0 Å². The van der Waals surface area contributed by atoms with Crippen LogP contribution in [-0.4, -0.2) is 43.5 Å². The Bertz CT molecular complexity index is 702. The topological polar surface area (TPSA) is 45.1 Å². The van der Waals surface area contributed by atoms with Gasteiger partial charge in [-0.1, -0.05) is 18.2 Å². The summed E-state index contributed by atoms with van der Waals surface area (Å²) in [7, 11) is 3.86. The largest absolute Gasteiger partial charge is 0.504 e. The van der Waals surface area contributed by atoms with Crippen LogP contribution in [0.5, 0.6) is 11.5 Å². The monoisotopic (exact) mass is 330 g/mol. The molecular weight excluding hydrogens is 307 g/mol. The van der Waals surface area contributed by atoms with Gasteiger partial charge in [0.25, 0.3) is 0 Å². The van der Waals surface area contributed by atoms with Crippen LogP contribution in [-0.2, 0) is 0 Å². The maximum atomic E-state index is 13.4. The number of likely N-dealkylation sites (N-methyl/N-ethyl adjacent to an activating group) is 1. The first-order chi connectivity index (χ1) is 11.5. The van der Waals surface area contributed by atoms with E-state index in [1.54, 1.807) is 24.4 Å². The smallest absolute Gasteiger partial charge is 0.166 e. The minimum atomic E-state index is -0.259. The zero-order valence-corrected chi connectivity index (χ0v) is 14.2. The molecule has 2 rings (SSSR count). The van der Waals surface area contributed by atoms with Crippen LogP contribution in [0.2, 0.25) is 0 Å². The van der Waals surface area contributed by atoms with Gasteiger partial charge in [0.2, 0.25) is 0 Å². The Morgan fingerprint density at radius 1 is 1.25 bits per heavy atom. The first-order valence-corrected chi connectivity index (χ1v) is 7.89. The fourth-order valence-corrected chi connectivity index (χ4v) is 2.45. The Morgan fingerprint density at radius 2 is 2.00 bits per heavy atom. The normalized spacial score (nSPS) is 12.7.